The molecule has 0 saturated heterocycles. The van der Waals surface area contributed by atoms with Crippen LogP contribution in [0, 0.1) is 12.0 Å². The zero-order valence-electron chi connectivity index (χ0n) is 22.9. The molecule has 204 valence electrons. The standard InChI is InChI=1S/C35H31N3O3/c1-2-39-25-15-24-32(41-34-37-33(26-36-38-34)28-16-7-3-8-17-28)27-40-35(29-18-9-4-10-19-29,30-20-11-5-12-21-30)31-22-13-6-14-23-31/h3-14,16-23,26,32H,2,24,27H2,1H3. The molecule has 0 aliphatic rings. The Morgan fingerprint density at radius 1 is 0.732 bits per heavy atom. The van der Waals surface area contributed by atoms with Crippen LogP contribution in [0.5, 0.6) is 6.01 Å². The molecule has 0 saturated carbocycles. The molecule has 0 N–H and O–H groups in total. The molecule has 41 heavy (non-hydrogen) atoms. The lowest BCUT2D eigenvalue weighted by Crippen LogP contribution is -2.37. The van der Waals surface area contributed by atoms with Gasteiger partial charge < -0.3 is 14.2 Å². The Morgan fingerprint density at radius 2 is 1.27 bits per heavy atom. The maximum Gasteiger partial charge on any atom is 0.336 e. The van der Waals surface area contributed by atoms with Gasteiger partial charge in [-0.15, -0.1) is 0 Å². The first-order valence-corrected chi connectivity index (χ1v) is 13.6. The average Bonchev–Trinajstić information content (AvgIpc) is 3.05. The first-order valence-electron chi connectivity index (χ1n) is 13.6. The molecule has 6 nitrogen and oxygen atoms in total. The Hall–Kier alpha value is -4.99. The van der Waals surface area contributed by atoms with Gasteiger partial charge >= 0.3 is 6.01 Å². The number of ether oxygens (including phenoxy) is 3. The predicted octanol–water partition coefficient (Wildman–Crippen LogP) is 6.68. The fourth-order valence-corrected chi connectivity index (χ4v) is 4.63. The summed E-state index contributed by atoms with van der Waals surface area (Å²) < 4.78 is 18.5. The molecule has 0 amide bonds. The summed E-state index contributed by atoms with van der Waals surface area (Å²) >= 11 is 0. The van der Waals surface area contributed by atoms with Crippen molar-refractivity contribution in [2.45, 2.75) is 25.0 Å². The second-order valence-corrected chi connectivity index (χ2v) is 9.24. The van der Waals surface area contributed by atoms with Gasteiger partial charge in [0, 0.05) is 5.56 Å². The van der Waals surface area contributed by atoms with Crippen molar-refractivity contribution in [3.8, 4) is 29.3 Å². The Labute approximate surface area is 241 Å². The molecular weight excluding hydrogens is 510 g/mol. The van der Waals surface area contributed by atoms with E-state index >= 15 is 0 Å². The van der Waals surface area contributed by atoms with E-state index in [0.717, 1.165) is 22.3 Å². The zero-order chi connectivity index (χ0) is 28.2. The van der Waals surface area contributed by atoms with Crippen molar-refractivity contribution < 1.29 is 14.2 Å². The summed E-state index contributed by atoms with van der Waals surface area (Å²) in [6.45, 7) is 2.59. The smallest absolute Gasteiger partial charge is 0.336 e. The summed E-state index contributed by atoms with van der Waals surface area (Å²) in [5, 5.41) is 8.29. The molecular formula is C35H31N3O3. The van der Waals surface area contributed by atoms with E-state index in [2.05, 4.69) is 63.6 Å². The number of aromatic nitrogens is 3. The van der Waals surface area contributed by atoms with Gasteiger partial charge in [0.2, 0.25) is 0 Å². The second kappa shape index (κ2) is 13.9. The predicted molar refractivity (Wildman–Crippen MR) is 159 cm³/mol. The van der Waals surface area contributed by atoms with E-state index < -0.39 is 11.7 Å². The van der Waals surface area contributed by atoms with Crippen LogP contribution in [0.4, 0.5) is 0 Å². The van der Waals surface area contributed by atoms with Crippen LogP contribution in [-0.2, 0) is 15.1 Å². The fraction of sp³-hybridized carbons (Fsp3) is 0.171. The maximum atomic E-state index is 6.98. The molecule has 0 radical (unpaired) electrons. The third-order valence-electron chi connectivity index (χ3n) is 6.53. The van der Waals surface area contributed by atoms with Gasteiger partial charge in [-0.2, -0.15) is 10.1 Å². The van der Waals surface area contributed by atoms with Crippen LogP contribution in [0.3, 0.4) is 0 Å². The van der Waals surface area contributed by atoms with Gasteiger partial charge in [-0.3, -0.25) is 0 Å². The Balaban J connectivity index is 1.50. The lowest BCUT2D eigenvalue weighted by molar-refractivity contribution is -0.0313. The van der Waals surface area contributed by atoms with Gasteiger partial charge in [0.05, 0.1) is 31.5 Å². The number of rotatable bonds is 11. The van der Waals surface area contributed by atoms with Crippen molar-refractivity contribution in [1.82, 2.24) is 15.2 Å². The Kier molecular flexibility index (Phi) is 9.34. The minimum Gasteiger partial charge on any atom is -0.456 e. The van der Waals surface area contributed by atoms with E-state index in [4.69, 9.17) is 14.2 Å². The van der Waals surface area contributed by atoms with Crippen molar-refractivity contribution in [1.29, 1.82) is 0 Å². The first kappa shape index (κ1) is 27.6. The minimum absolute atomic E-state index is 0.155. The maximum absolute atomic E-state index is 6.98. The monoisotopic (exact) mass is 541 g/mol. The molecule has 1 aromatic heterocycles. The first-order chi connectivity index (χ1) is 20.3. The van der Waals surface area contributed by atoms with Crippen LogP contribution in [0.1, 0.15) is 30.0 Å². The molecule has 0 aliphatic carbocycles. The second-order valence-electron chi connectivity index (χ2n) is 9.24. The average molecular weight is 542 g/mol. The van der Waals surface area contributed by atoms with Crippen LogP contribution in [-0.4, -0.2) is 34.5 Å². The van der Waals surface area contributed by atoms with E-state index in [1.807, 2.05) is 91.9 Å². The molecule has 1 atom stereocenters. The molecule has 5 aromatic rings. The van der Waals surface area contributed by atoms with Gasteiger partial charge in [-0.25, -0.2) is 0 Å². The number of benzene rings is 4. The van der Waals surface area contributed by atoms with Gasteiger partial charge in [0.1, 0.15) is 17.8 Å². The molecule has 0 bridgehead atoms. The van der Waals surface area contributed by atoms with Crippen molar-refractivity contribution in [3.05, 3.63) is 144 Å². The fourth-order valence-electron chi connectivity index (χ4n) is 4.63. The van der Waals surface area contributed by atoms with E-state index in [0.29, 0.717) is 18.7 Å². The zero-order valence-corrected chi connectivity index (χ0v) is 22.9. The van der Waals surface area contributed by atoms with Gasteiger partial charge in [0.25, 0.3) is 0 Å². The highest BCUT2D eigenvalue weighted by Crippen LogP contribution is 2.40. The van der Waals surface area contributed by atoms with Gasteiger partial charge in [-0.1, -0.05) is 132 Å². The normalized spacial score (nSPS) is 11.6. The van der Waals surface area contributed by atoms with Crippen molar-refractivity contribution in [2.75, 3.05) is 13.2 Å². The summed E-state index contributed by atoms with van der Waals surface area (Å²) in [4.78, 5) is 4.62. The van der Waals surface area contributed by atoms with E-state index in [1.165, 1.54) is 0 Å². The third kappa shape index (κ3) is 6.78. The number of hydrogen-bond donors (Lipinski definition) is 0. The largest absolute Gasteiger partial charge is 0.456 e. The lowest BCUT2D eigenvalue weighted by Gasteiger charge is -2.36. The summed E-state index contributed by atoms with van der Waals surface area (Å²) in [5.41, 5.74) is 3.70. The van der Waals surface area contributed by atoms with Crippen LogP contribution >= 0.6 is 0 Å². The molecule has 1 unspecified atom stereocenters. The van der Waals surface area contributed by atoms with Crippen LogP contribution in [0.2, 0.25) is 0 Å². The highest BCUT2D eigenvalue weighted by molar-refractivity contribution is 5.57. The third-order valence-corrected chi connectivity index (χ3v) is 6.53. The summed E-state index contributed by atoms with van der Waals surface area (Å²) in [6.07, 6.45) is 4.19. The minimum atomic E-state index is -0.899. The van der Waals surface area contributed by atoms with Crippen LogP contribution in [0.15, 0.2) is 128 Å². The number of nitrogens with zero attached hydrogens (tertiary/aromatic N) is 3. The lowest BCUT2D eigenvalue weighted by atomic mass is 9.80. The molecule has 4 aromatic carbocycles. The number of hydrogen-bond acceptors (Lipinski definition) is 6. The molecule has 5 rings (SSSR count). The molecule has 0 aliphatic heterocycles. The molecule has 1 heterocycles. The Bertz CT molecular complexity index is 1460. The van der Waals surface area contributed by atoms with Crippen molar-refractivity contribution in [2.24, 2.45) is 0 Å². The SMILES string of the molecule is CCOC#CCC(COC(c1ccccc1)(c1ccccc1)c1ccccc1)Oc1nncc(-c2ccccc2)n1. The molecule has 0 fully saturated rings. The highest BCUT2D eigenvalue weighted by Gasteiger charge is 2.38. The van der Waals surface area contributed by atoms with E-state index in [-0.39, 0.29) is 12.6 Å². The molecule has 0 spiro atoms. The van der Waals surface area contributed by atoms with Crippen LogP contribution in [0.25, 0.3) is 11.3 Å². The van der Waals surface area contributed by atoms with Crippen molar-refractivity contribution in [3.63, 3.8) is 0 Å². The van der Waals surface area contributed by atoms with Crippen molar-refractivity contribution >= 4 is 0 Å². The summed E-state index contributed by atoms with van der Waals surface area (Å²) in [6, 6.07) is 40.6. The van der Waals surface area contributed by atoms with E-state index in [1.54, 1.807) is 6.20 Å². The van der Waals surface area contributed by atoms with Crippen LogP contribution < -0.4 is 4.74 Å². The van der Waals surface area contributed by atoms with Gasteiger partial charge in [0.15, 0.2) is 0 Å². The highest BCUT2D eigenvalue weighted by atomic mass is 16.6. The topological polar surface area (TPSA) is 66.4 Å². The molecule has 6 heteroatoms. The quantitative estimate of drug-likeness (QED) is 0.137. The van der Waals surface area contributed by atoms with E-state index in [9.17, 15) is 0 Å². The Morgan fingerprint density at radius 3 is 1.80 bits per heavy atom. The summed E-state index contributed by atoms with van der Waals surface area (Å²) in [7, 11) is 0. The van der Waals surface area contributed by atoms with Gasteiger partial charge in [-0.05, 0) is 23.6 Å². The summed E-state index contributed by atoms with van der Waals surface area (Å²) in [5.74, 6) is 3.06.